The van der Waals surface area contributed by atoms with E-state index in [0.29, 0.717) is 0 Å². The first-order valence-electron chi connectivity index (χ1n) is 5.14. The smallest absolute Gasteiger partial charge is 0.000725 e. The molecule has 72 valence electrons. The largest absolute Gasteiger partial charge is 0.330 e. The van der Waals surface area contributed by atoms with Gasteiger partial charge < -0.3 is 10.6 Å². The minimum absolute atomic E-state index is 0.833. The number of nitrogens with zero attached hydrogens (tertiary/aromatic N) is 1. The zero-order chi connectivity index (χ0) is 8.97. The molecule has 1 fully saturated rings. The standard InChI is InChI=1S/C10H22N2/c1-9-6-10(2)8-12(7-9)5-3-4-11/h9-10H,3-8,11H2,1-2H3/t9-,10-/m0/s1. The monoisotopic (exact) mass is 170 g/mol. The Bertz CT molecular complexity index is 115. The van der Waals surface area contributed by atoms with Crippen molar-refractivity contribution in [3.05, 3.63) is 0 Å². The van der Waals surface area contributed by atoms with Crippen LogP contribution >= 0.6 is 0 Å². The second-order valence-electron chi connectivity index (χ2n) is 4.35. The van der Waals surface area contributed by atoms with Crippen LogP contribution in [0.5, 0.6) is 0 Å². The molecule has 12 heavy (non-hydrogen) atoms. The summed E-state index contributed by atoms with van der Waals surface area (Å²) in [5.41, 5.74) is 5.49. The van der Waals surface area contributed by atoms with Crippen molar-refractivity contribution in [3.8, 4) is 0 Å². The number of nitrogens with two attached hydrogens (primary N) is 1. The fraction of sp³-hybridized carbons (Fsp3) is 1.00. The molecule has 1 saturated heterocycles. The fourth-order valence-electron chi connectivity index (χ4n) is 2.29. The van der Waals surface area contributed by atoms with Crippen LogP contribution in [0.25, 0.3) is 0 Å². The van der Waals surface area contributed by atoms with Crippen molar-refractivity contribution in [3.63, 3.8) is 0 Å². The Morgan fingerprint density at radius 3 is 2.33 bits per heavy atom. The maximum Gasteiger partial charge on any atom is 0.000725 e. The van der Waals surface area contributed by atoms with Crippen LogP contribution in [-0.4, -0.2) is 31.1 Å². The summed E-state index contributed by atoms with van der Waals surface area (Å²) in [5.74, 6) is 1.76. The lowest BCUT2D eigenvalue weighted by atomic mass is 9.92. The number of hydrogen-bond acceptors (Lipinski definition) is 2. The molecule has 2 N–H and O–H groups in total. The van der Waals surface area contributed by atoms with Gasteiger partial charge in [0.25, 0.3) is 0 Å². The zero-order valence-electron chi connectivity index (χ0n) is 8.42. The van der Waals surface area contributed by atoms with Crippen molar-refractivity contribution in [1.82, 2.24) is 4.90 Å². The molecule has 0 aromatic rings. The Balaban J connectivity index is 2.24. The van der Waals surface area contributed by atoms with Gasteiger partial charge in [0.05, 0.1) is 0 Å². The van der Waals surface area contributed by atoms with E-state index >= 15 is 0 Å². The molecule has 1 aliphatic heterocycles. The van der Waals surface area contributed by atoms with Gasteiger partial charge in [-0.3, -0.25) is 0 Å². The van der Waals surface area contributed by atoms with Crippen LogP contribution in [0.2, 0.25) is 0 Å². The highest BCUT2D eigenvalue weighted by Crippen LogP contribution is 2.20. The number of hydrogen-bond donors (Lipinski definition) is 1. The average Bonchev–Trinajstić information content (AvgIpc) is 1.99. The second-order valence-corrected chi connectivity index (χ2v) is 4.35. The fourth-order valence-corrected chi connectivity index (χ4v) is 2.29. The Morgan fingerprint density at radius 2 is 1.83 bits per heavy atom. The van der Waals surface area contributed by atoms with E-state index in [1.54, 1.807) is 0 Å². The summed E-state index contributed by atoms with van der Waals surface area (Å²) in [4.78, 5) is 2.56. The van der Waals surface area contributed by atoms with E-state index in [1.165, 1.54) is 26.1 Å². The van der Waals surface area contributed by atoms with Gasteiger partial charge in [-0.25, -0.2) is 0 Å². The second kappa shape index (κ2) is 4.83. The Morgan fingerprint density at radius 1 is 1.25 bits per heavy atom. The summed E-state index contributed by atoms with van der Waals surface area (Å²) in [6, 6.07) is 0. The lowest BCUT2D eigenvalue weighted by Gasteiger charge is -2.34. The van der Waals surface area contributed by atoms with Crippen molar-refractivity contribution in [2.45, 2.75) is 26.7 Å². The SMILES string of the molecule is C[C@H]1C[C@H](C)CN(CCCN)C1. The minimum atomic E-state index is 0.833. The normalized spacial score (nSPS) is 32.2. The van der Waals surface area contributed by atoms with Gasteiger partial charge in [0.2, 0.25) is 0 Å². The van der Waals surface area contributed by atoms with Crippen LogP contribution in [0.4, 0.5) is 0 Å². The van der Waals surface area contributed by atoms with E-state index in [9.17, 15) is 0 Å². The predicted molar refractivity (Wildman–Crippen MR) is 53.1 cm³/mol. The molecular formula is C10H22N2. The van der Waals surface area contributed by atoms with Gasteiger partial charge in [-0.15, -0.1) is 0 Å². The molecule has 1 rings (SSSR count). The third kappa shape index (κ3) is 3.11. The van der Waals surface area contributed by atoms with Crippen LogP contribution in [0.1, 0.15) is 26.7 Å². The summed E-state index contributed by atoms with van der Waals surface area (Å²) in [6.07, 6.45) is 2.55. The van der Waals surface area contributed by atoms with Gasteiger partial charge in [-0.2, -0.15) is 0 Å². The molecule has 2 nitrogen and oxygen atoms in total. The number of rotatable bonds is 3. The summed E-state index contributed by atoms with van der Waals surface area (Å²) >= 11 is 0. The molecule has 0 aliphatic carbocycles. The van der Waals surface area contributed by atoms with Gasteiger partial charge in [0.1, 0.15) is 0 Å². The van der Waals surface area contributed by atoms with Crippen LogP contribution in [-0.2, 0) is 0 Å². The van der Waals surface area contributed by atoms with E-state index in [-0.39, 0.29) is 0 Å². The van der Waals surface area contributed by atoms with Crippen molar-refractivity contribution < 1.29 is 0 Å². The van der Waals surface area contributed by atoms with Gasteiger partial charge in [0, 0.05) is 13.1 Å². The molecule has 0 amide bonds. The van der Waals surface area contributed by atoms with E-state index in [0.717, 1.165) is 24.8 Å². The third-order valence-corrected chi connectivity index (χ3v) is 2.62. The predicted octanol–water partition coefficient (Wildman–Crippen LogP) is 1.31. The first-order chi connectivity index (χ1) is 5.72. The van der Waals surface area contributed by atoms with Crippen LogP contribution < -0.4 is 5.73 Å². The molecule has 0 unspecified atom stereocenters. The maximum absolute atomic E-state index is 5.49. The minimum Gasteiger partial charge on any atom is -0.330 e. The van der Waals surface area contributed by atoms with Crippen molar-refractivity contribution in [2.24, 2.45) is 17.6 Å². The van der Waals surface area contributed by atoms with Gasteiger partial charge in [-0.1, -0.05) is 13.8 Å². The molecule has 0 saturated carbocycles. The Hall–Kier alpha value is -0.0800. The summed E-state index contributed by atoms with van der Waals surface area (Å²) < 4.78 is 0. The highest BCUT2D eigenvalue weighted by atomic mass is 15.1. The highest BCUT2D eigenvalue weighted by molar-refractivity contribution is 4.74. The molecule has 0 aromatic carbocycles. The molecular weight excluding hydrogens is 148 g/mol. The number of likely N-dealkylation sites (tertiary alicyclic amines) is 1. The van der Waals surface area contributed by atoms with Crippen molar-refractivity contribution in [2.75, 3.05) is 26.2 Å². The van der Waals surface area contributed by atoms with E-state index < -0.39 is 0 Å². The molecule has 0 radical (unpaired) electrons. The van der Waals surface area contributed by atoms with Crippen LogP contribution in [0.3, 0.4) is 0 Å². The lowest BCUT2D eigenvalue weighted by molar-refractivity contribution is 0.140. The molecule has 1 aliphatic rings. The van der Waals surface area contributed by atoms with Gasteiger partial charge >= 0.3 is 0 Å². The molecule has 0 bridgehead atoms. The maximum atomic E-state index is 5.49. The number of piperidine rings is 1. The van der Waals surface area contributed by atoms with Crippen LogP contribution in [0, 0.1) is 11.8 Å². The molecule has 1 heterocycles. The molecule has 0 spiro atoms. The summed E-state index contributed by atoms with van der Waals surface area (Å²) in [6.45, 7) is 9.30. The molecule has 0 aromatic heterocycles. The highest BCUT2D eigenvalue weighted by Gasteiger charge is 2.20. The van der Waals surface area contributed by atoms with E-state index in [2.05, 4.69) is 18.7 Å². The van der Waals surface area contributed by atoms with Crippen molar-refractivity contribution >= 4 is 0 Å². The Kier molecular flexibility index (Phi) is 4.02. The topological polar surface area (TPSA) is 29.3 Å². The third-order valence-electron chi connectivity index (χ3n) is 2.62. The quantitative estimate of drug-likeness (QED) is 0.692. The first-order valence-corrected chi connectivity index (χ1v) is 5.14. The lowest BCUT2D eigenvalue weighted by Crippen LogP contribution is -2.39. The van der Waals surface area contributed by atoms with Crippen molar-refractivity contribution in [1.29, 1.82) is 0 Å². The van der Waals surface area contributed by atoms with E-state index in [4.69, 9.17) is 5.73 Å². The van der Waals surface area contributed by atoms with Gasteiger partial charge in [0.15, 0.2) is 0 Å². The van der Waals surface area contributed by atoms with Crippen LogP contribution in [0.15, 0.2) is 0 Å². The first kappa shape index (κ1) is 10.0. The molecule has 2 heteroatoms. The zero-order valence-corrected chi connectivity index (χ0v) is 8.42. The Labute approximate surface area is 76.1 Å². The van der Waals surface area contributed by atoms with E-state index in [1.807, 2.05) is 0 Å². The molecule has 2 atom stereocenters. The van der Waals surface area contributed by atoms with Gasteiger partial charge in [-0.05, 0) is 37.8 Å². The summed E-state index contributed by atoms with van der Waals surface area (Å²) in [5, 5.41) is 0. The summed E-state index contributed by atoms with van der Waals surface area (Å²) in [7, 11) is 0. The average molecular weight is 170 g/mol.